The van der Waals surface area contributed by atoms with E-state index in [0.717, 1.165) is 12.8 Å². The molecule has 1 aliphatic carbocycles. The molecule has 0 heterocycles. The van der Waals surface area contributed by atoms with Crippen LogP contribution >= 0.6 is 0 Å². The largest absolute Gasteiger partial charge is 0.497 e. The molecule has 1 aromatic carbocycles. The number of benzene rings is 1. The van der Waals surface area contributed by atoms with Crippen molar-refractivity contribution in [2.75, 3.05) is 7.11 Å². The molecule has 0 radical (unpaired) electrons. The molecule has 1 saturated carbocycles. The van der Waals surface area contributed by atoms with Gasteiger partial charge in [0, 0.05) is 11.6 Å². The van der Waals surface area contributed by atoms with Crippen molar-refractivity contribution < 1.29 is 14.2 Å². The minimum atomic E-state index is -1.05. The van der Waals surface area contributed by atoms with Crippen LogP contribution in [0.25, 0.3) is 0 Å². The number of methoxy groups -OCH3 is 1. The molecule has 1 N–H and O–H groups in total. The highest BCUT2D eigenvalue weighted by atomic mass is 19.1. The quantitative estimate of drug-likeness (QED) is 0.873. The first-order chi connectivity index (χ1) is 8.47. The van der Waals surface area contributed by atoms with Gasteiger partial charge in [-0.1, -0.05) is 20.3 Å². The lowest BCUT2D eigenvalue weighted by atomic mass is 9.69. The Balaban J connectivity index is 2.39. The number of ether oxygens (including phenoxy) is 1. The van der Waals surface area contributed by atoms with Gasteiger partial charge in [-0.05, 0) is 36.8 Å². The Morgan fingerprint density at radius 2 is 2.06 bits per heavy atom. The maximum atomic E-state index is 14.1. The summed E-state index contributed by atoms with van der Waals surface area (Å²) in [5.74, 6) is 0.610. The minimum Gasteiger partial charge on any atom is -0.497 e. The fraction of sp³-hybridized carbons (Fsp3) is 0.600. The van der Waals surface area contributed by atoms with Gasteiger partial charge in [-0.25, -0.2) is 4.39 Å². The molecule has 2 nitrogen and oxygen atoms in total. The fourth-order valence-corrected chi connectivity index (χ4v) is 2.96. The molecule has 100 valence electrons. The van der Waals surface area contributed by atoms with Gasteiger partial charge in [0.25, 0.3) is 0 Å². The first-order valence-electron chi connectivity index (χ1n) is 6.53. The molecule has 0 bridgehead atoms. The Labute approximate surface area is 108 Å². The summed E-state index contributed by atoms with van der Waals surface area (Å²) in [6.45, 7) is 4.10. The van der Waals surface area contributed by atoms with Crippen LogP contribution < -0.4 is 4.74 Å². The highest BCUT2D eigenvalue weighted by Crippen LogP contribution is 2.44. The number of aliphatic hydroxyl groups is 1. The molecule has 18 heavy (non-hydrogen) atoms. The minimum absolute atomic E-state index is 0.0802. The van der Waals surface area contributed by atoms with E-state index in [-0.39, 0.29) is 11.7 Å². The normalized spacial score (nSPS) is 32.3. The van der Waals surface area contributed by atoms with Gasteiger partial charge in [0.1, 0.15) is 11.6 Å². The third-order valence-electron chi connectivity index (χ3n) is 4.21. The molecule has 1 aromatic rings. The van der Waals surface area contributed by atoms with Crippen LogP contribution in [0.1, 0.15) is 38.7 Å². The van der Waals surface area contributed by atoms with E-state index in [0.29, 0.717) is 23.7 Å². The summed E-state index contributed by atoms with van der Waals surface area (Å²) in [5, 5.41) is 10.8. The Kier molecular flexibility index (Phi) is 3.62. The predicted molar refractivity (Wildman–Crippen MR) is 69.0 cm³/mol. The zero-order valence-electron chi connectivity index (χ0n) is 11.2. The van der Waals surface area contributed by atoms with Gasteiger partial charge in [0.15, 0.2) is 0 Å². The molecule has 0 spiro atoms. The van der Waals surface area contributed by atoms with Crippen molar-refractivity contribution in [3.8, 4) is 5.75 Å². The Bertz CT molecular complexity index is 433. The van der Waals surface area contributed by atoms with E-state index >= 15 is 0 Å². The number of rotatable bonds is 2. The second-order valence-electron chi connectivity index (χ2n) is 5.56. The number of hydrogen-bond acceptors (Lipinski definition) is 2. The lowest BCUT2D eigenvalue weighted by Gasteiger charge is -2.41. The zero-order chi connectivity index (χ0) is 13.3. The van der Waals surface area contributed by atoms with Gasteiger partial charge >= 0.3 is 0 Å². The zero-order valence-corrected chi connectivity index (χ0v) is 11.2. The average Bonchev–Trinajstić information content (AvgIpc) is 2.34. The van der Waals surface area contributed by atoms with E-state index in [1.54, 1.807) is 12.1 Å². The third kappa shape index (κ3) is 2.24. The molecular formula is C15H21FO2. The molecular weight excluding hydrogens is 231 g/mol. The number of hydrogen-bond donors (Lipinski definition) is 1. The Morgan fingerprint density at radius 1 is 1.33 bits per heavy atom. The van der Waals surface area contributed by atoms with Crippen molar-refractivity contribution in [2.24, 2.45) is 11.8 Å². The average molecular weight is 252 g/mol. The number of halogens is 1. The Morgan fingerprint density at radius 3 is 2.67 bits per heavy atom. The van der Waals surface area contributed by atoms with Crippen molar-refractivity contribution in [3.63, 3.8) is 0 Å². The summed E-state index contributed by atoms with van der Waals surface area (Å²) < 4.78 is 19.1. The van der Waals surface area contributed by atoms with Gasteiger partial charge in [-0.2, -0.15) is 0 Å². The van der Waals surface area contributed by atoms with E-state index in [1.165, 1.54) is 13.2 Å². The third-order valence-corrected chi connectivity index (χ3v) is 4.21. The van der Waals surface area contributed by atoms with Crippen molar-refractivity contribution in [1.82, 2.24) is 0 Å². The topological polar surface area (TPSA) is 29.5 Å². The van der Waals surface area contributed by atoms with Crippen LogP contribution in [0.5, 0.6) is 5.75 Å². The molecule has 0 amide bonds. The molecule has 3 heteroatoms. The van der Waals surface area contributed by atoms with Gasteiger partial charge in [0.05, 0.1) is 12.7 Å². The smallest absolute Gasteiger partial charge is 0.132 e. The summed E-state index contributed by atoms with van der Waals surface area (Å²) >= 11 is 0. The van der Waals surface area contributed by atoms with Crippen LogP contribution in [0.3, 0.4) is 0 Å². The van der Waals surface area contributed by atoms with Crippen LogP contribution in [-0.2, 0) is 5.60 Å². The molecule has 3 unspecified atom stereocenters. The standard InChI is InChI=1S/C15H21FO2/c1-10-4-5-11(2)15(17,9-10)13-7-6-12(18-3)8-14(13)16/h6-8,10-11,17H,4-5,9H2,1-3H3. The van der Waals surface area contributed by atoms with Crippen molar-refractivity contribution in [3.05, 3.63) is 29.6 Å². The van der Waals surface area contributed by atoms with Crippen molar-refractivity contribution in [2.45, 2.75) is 38.7 Å². The second kappa shape index (κ2) is 4.88. The lowest BCUT2D eigenvalue weighted by molar-refractivity contribution is -0.0652. The van der Waals surface area contributed by atoms with Gasteiger partial charge in [0.2, 0.25) is 0 Å². The fourth-order valence-electron chi connectivity index (χ4n) is 2.96. The van der Waals surface area contributed by atoms with Crippen LogP contribution in [0.15, 0.2) is 18.2 Å². The second-order valence-corrected chi connectivity index (χ2v) is 5.56. The molecule has 0 aliphatic heterocycles. The van der Waals surface area contributed by atoms with E-state index < -0.39 is 5.60 Å². The van der Waals surface area contributed by atoms with Crippen molar-refractivity contribution >= 4 is 0 Å². The first kappa shape index (κ1) is 13.3. The summed E-state index contributed by atoms with van der Waals surface area (Å²) in [5.41, 5.74) is -0.643. The van der Waals surface area contributed by atoms with Gasteiger partial charge < -0.3 is 9.84 Å². The van der Waals surface area contributed by atoms with Gasteiger partial charge in [-0.3, -0.25) is 0 Å². The maximum absolute atomic E-state index is 14.1. The summed E-state index contributed by atoms with van der Waals surface area (Å²) in [6.07, 6.45) is 2.65. The van der Waals surface area contributed by atoms with E-state index in [1.807, 2.05) is 6.92 Å². The predicted octanol–water partition coefficient (Wildman–Crippen LogP) is 3.48. The van der Waals surface area contributed by atoms with Gasteiger partial charge in [-0.15, -0.1) is 0 Å². The Hall–Kier alpha value is -1.09. The van der Waals surface area contributed by atoms with Crippen LogP contribution in [0.4, 0.5) is 4.39 Å². The van der Waals surface area contributed by atoms with E-state index in [9.17, 15) is 9.50 Å². The van der Waals surface area contributed by atoms with Crippen LogP contribution in [0, 0.1) is 17.7 Å². The monoisotopic (exact) mass is 252 g/mol. The molecule has 1 aliphatic rings. The molecule has 3 atom stereocenters. The van der Waals surface area contributed by atoms with E-state index in [2.05, 4.69) is 6.92 Å². The SMILES string of the molecule is COc1ccc(C2(O)CC(C)CCC2C)c(F)c1. The lowest BCUT2D eigenvalue weighted by Crippen LogP contribution is -2.39. The van der Waals surface area contributed by atoms with Crippen LogP contribution in [0.2, 0.25) is 0 Å². The summed E-state index contributed by atoms with van der Waals surface area (Å²) in [4.78, 5) is 0. The first-order valence-corrected chi connectivity index (χ1v) is 6.53. The van der Waals surface area contributed by atoms with Crippen LogP contribution in [-0.4, -0.2) is 12.2 Å². The molecule has 0 saturated heterocycles. The molecule has 1 fully saturated rings. The highest BCUT2D eigenvalue weighted by Gasteiger charge is 2.41. The summed E-state index contributed by atoms with van der Waals surface area (Å²) in [6, 6.07) is 4.71. The molecule has 2 rings (SSSR count). The highest BCUT2D eigenvalue weighted by molar-refractivity contribution is 5.33. The maximum Gasteiger partial charge on any atom is 0.132 e. The van der Waals surface area contributed by atoms with Crippen molar-refractivity contribution in [1.29, 1.82) is 0 Å². The summed E-state index contributed by atoms with van der Waals surface area (Å²) in [7, 11) is 1.51. The van der Waals surface area contributed by atoms with E-state index in [4.69, 9.17) is 4.74 Å². The molecule has 0 aromatic heterocycles.